The van der Waals surface area contributed by atoms with Crippen molar-refractivity contribution < 1.29 is 4.74 Å². The maximum Gasteiger partial charge on any atom is 0.156 e. The summed E-state index contributed by atoms with van der Waals surface area (Å²) in [6.07, 6.45) is 0.609. The fraction of sp³-hybridized carbons (Fsp3) is 0.176. The number of nitrogens with two attached hydrogens (primary N) is 1. The number of amidine groups is 1. The minimum absolute atomic E-state index is 0.167. The summed E-state index contributed by atoms with van der Waals surface area (Å²) in [4.78, 5) is 4.63. The van der Waals surface area contributed by atoms with Gasteiger partial charge in [-0.05, 0) is 36.8 Å². The van der Waals surface area contributed by atoms with Crippen LogP contribution >= 0.6 is 0 Å². The van der Waals surface area contributed by atoms with Gasteiger partial charge in [0.25, 0.3) is 0 Å². The molecule has 1 atom stereocenters. The van der Waals surface area contributed by atoms with Crippen LogP contribution in [0.2, 0.25) is 0 Å². The summed E-state index contributed by atoms with van der Waals surface area (Å²) >= 11 is 0. The molecule has 2 aromatic carbocycles. The Kier molecular flexibility index (Phi) is 3.67. The van der Waals surface area contributed by atoms with E-state index in [0.29, 0.717) is 17.0 Å². The Hall–Kier alpha value is -3.00. The van der Waals surface area contributed by atoms with Crippen molar-refractivity contribution >= 4 is 22.9 Å². The van der Waals surface area contributed by atoms with E-state index in [2.05, 4.69) is 16.4 Å². The van der Waals surface area contributed by atoms with Crippen molar-refractivity contribution in [2.75, 3.05) is 11.1 Å². The highest BCUT2D eigenvalue weighted by Crippen LogP contribution is 2.35. The molecule has 22 heavy (non-hydrogen) atoms. The topological polar surface area (TPSA) is 83.4 Å². The Bertz CT molecular complexity index is 776. The van der Waals surface area contributed by atoms with Gasteiger partial charge < -0.3 is 15.8 Å². The zero-order chi connectivity index (χ0) is 15.5. The number of nitriles is 1. The van der Waals surface area contributed by atoms with Crippen molar-refractivity contribution in [3.63, 3.8) is 0 Å². The number of anilines is 2. The van der Waals surface area contributed by atoms with E-state index in [-0.39, 0.29) is 6.10 Å². The average Bonchev–Trinajstić information content (AvgIpc) is 2.54. The second kappa shape index (κ2) is 5.78. The number of nitrogen functional groups attached to an aromatic ring is 1. The van der Waals surface area contributed by atoms with Crippen molar-refractivity contribution in [1.82, 2.24) is 0 Å². The van der Waals surface area contributed by atoms with Gasteiger partial charge in [0.15, 0.2) is 6.10 Å². The van der Waals surface area contributed by atoms with Crippen LogP contribution in [0.25, 0.3) is 0 Å². The highest BCUT2D eigenvalue weighted by Gasteiger charge is 2.23. The second-order valence-electron chi connectivity index (χ2n) is 5.06. The molecule has 0 radical (unpaired) electrons. The molecule has 0 saturated carbocycles. The van der Waals surface area contributed by atoms with Gasteiger partial charge in [-0.15, -0.1) is 0 Å². The summed E-state index contributed by atoms with van der Waals surface area (Å²) in [5.74, 6) is 1.43. The van der Waals surface area contributed by atoms with Gasteiger partial charge in [-0.25, -0.2) is 4.99 Å². The van der Waals surface area contributed by atoms with E-state index < -0.39 is 0 Å². The van der Waals surface area contributed by atoms with Gasteiger partial charge in [0.2, 0.25) is 0 Å². The quantitative estimate of drug-likeness (QED) is 0.830. The largest absolute Gasteiger partial charge is 0.480 e. The minimum atomic E-state index is -0.167. The lowest BCUT2D eigenvalue weighted by atomic mass is 10.1. The van der Waals surface area contributed by atoms with Gasteiger partial charge in [-0.2, -0.15) is 5.26 Å². The number of nitrogens with zero attached hydrogens (tertiary/aromatic N) is 2. The molecular weight excluding hydrogens is 276 g/mol. The molecule has 0 bridgehead atoms. The van der Waals surface area contributed by atoms with Crippen LogP contribution in [0.4, 0.5) is 17.1 Å². The summed E-state index contributed by atoms with van der Waals surface area (Å²) in [6.45, 7) is 2.03. The first-order valence-corrected chi connectivity index (χ1v) is 7.11. The summed E-state index contributed by atoms with van der Waals surface area (Å²) in [6, 6.07) is 14.8. The fourth-order valence-corrected chi connectivity index (χ4v) is 2.33. The predicted molar refractivity (Wildman–Crippen MR) is 87.4 cm³/mol. The third-order valence-corrected chi connectivity index (χ3v) is 3.43. The molecule has 0 saturated heterocycles. The van der Waals surface area contributed by atoms with Crippen LogP contribution in [0.5, 0.6) is 5.75 Å². The summed E-state index contributed by atoms with van der Waals surface area (Å²) in [5.41, 5.74) is 8.61. The Morgan fingerprint density at radius 2 is 2.18 bits per heavy atom. The van der Waals surface area contributed by atoms with Crippen molar-refractivity contribution in [2.45, 2.75) is 19.4 Å². The van der Waals surface area contributed by atoms with Crippen molar-refractivity contribution in [2.24, 2.45) is 4.99 Å². The highest BCUT2D eigenvalue weighted by atomic mass is 16.5. The fourth-order valence-electron chi connectivity index (χ4n) is 2.33. The number of ether oxygens (including phenoxy) is 1. The Balaban J connectivity index is 1.94. The first-order chi connectivity index (χ1) is 10.7. The molecule has 0 amide bonds. The number of nitrogens with one attached hydrogen (secondary N) is 1. The van der Waals surface area contributed by atoms with Crippen molar-refractivity contribution in [3.05, 3.63) is 48.0 Å². The normalized spacial score (nSPS) is 16.0. The molecule has 5 nitrogen and oxygen atoms in total. The first kappa shape index (κ1) is 14.0. The molecule has 2 aromatic rings. The maximum absolute atomic E-state index is 8.98. The number of aliphatic imine (C=N–C) groups is 1. The van der Waals surface area contributed by atoms with Gasteiger partial charge in [0.1, 0.15) is 17.3 Å². The zero-order valence-electron chi connectivity index (χ0n) is 12.2. The molecule has 3 rings (SSSR count). The van der Waals surface area contributed by atoms with Crippen LogP contribution < -0.4 is 15.8 Å². The SMILES string of the molecule is CCC1Oc2cc(N)ccc2N=C1Nc1cccc(C#N)c1. The zero-order valence-corrected chi connectivity index (χ0v) is 12.2. The predicted octanol–water partition coefficient (Wildman–Crippen LogP) is 3.45. The van der Waals surface area contributed by atoms with Crippen LogP contribution in [0.3, 0.4) is 0 Å². The number of fused-ring (bicyclic) bond motifs is 1. The van der Waals surface area contributed by atoms with Crippen LogP contribution in [0.15, 0.2) is 47.5 Å². The smallest absolute Gasteiger partial charge is 0.156 e. The Morgan fingerprint density at radius 3 is 2.95 bits per heavy atom. The number of rotatable bonds is 2. The molecule has 1 aliphatic heterocycles. The molecule has 0 aliphatic carbocycles. The van der Waals surface area contributed by atoms with Gasteiger partial charge in [-0.1, -0.05) is 13.0 Å². The van der Waals surface area contributed by atoms with Crippen LogP contribution in [0, 0.1) is 11.3 Å². The monoisotopic (exact) mass is 292 g/mol. The van der Waals surface area contributed by atoms with Crippen LogP contribution in [0.1, 0.15) is 18.9 Å². The molecule has 0 aromatic heterocycles. The van der Waals surface area contributed by atoms with Crippen LogP contribution in [-0.4, -0.2) is 11.9 Å². The second-order valence-corrected chi connectivity index (χ2v) is 5.06. The summed E-state index contributed by atoms with van der Waals surface area (Å²) in [5, 5.41) is 12.2. The van der Waals surface area contributed by atoms with Gasteiger partial charge >= 0.3 is 0 Å². The van der Waals surface area contributed by atoms with E-state index in [1.54, 1.807) is 24.3 Å². The molecule has 1 aliphatic rings. The van der Waals surface area contributed by atoms with E-state index in [9.17, 15) is 0 Å². The third-order valence-electron chi connectivity index (χ3n) is 3.43. The molecular formula is C17H16N4O. The molecule has 5 heteroatoms. The number of hydrogen-bond donors (Lipinski definition) is 2. The van der Waals surface area contributed by atoms with Crippen molar-refractivity contribution in [3.8, 4) is 11.8 Å². The van der Waals surface area contributed by atoms with Crippen LogP contribution in [-0.2, 0) is 0 Å². The van der Waals surface area contributed by atoms with E-state index in [1.165, 1.54) is 0 Å². The lowest BCUT2D eigenvalue weighted by Crippen LogP contribution is -2.34. The maximum atomic E-state index is 8.98. The lowest BCUT2D eigenvalue weighted by molar-refractivity contribution is 0.259. The van der Waals surface area contributed by atoms with E-state index in [0.717, 1.165) is 23.6 Å². The standard InChI is InChI=1S/C17H16N4O/c1-2-15-17(20-13-5-3-4-11(8-13)10-18)21-14-7-6-12(19)9-16(14)22-15/h3-9,15H,2,19H2,1H3,(H,20,21). The minimum Gasteiger partial charge on any atom is -0.480 e. The van der Waals surface area contributed by atoms with E-state index in [1.807, 2.05) is 25.1 Å². The lowest BCUT2D eigenvalue weighted by Gasteiger charge is -2.26. The average molecular weight is 292 g/mol. The Morgan fingerprint density at radius 1 is 1.32 bits per heavy atom. The van der Waals surface area contributed by atoms with E-state index >= 15 is 0 Å². The molecule has 110 valence electrons. The number of hydrogen-bond acceptors (Lipinski definition) is 5. The highest BCUT2D eigenvalue weighted by molar-refractivity contribution is 6.02. The molecule has 0 fully saturated rings. The third kappa shape index (κ3) is 2.72. The van der Waals surface area contributed by atoms with Crippen molar-refractivity contribution in [1.29, 1.82) is 5.26 Å². The number of benzene rings is 2. The van der Waals surface area contributed by atoms with Gasteiger partial charge in [-0.3, -0.25) is 0 Å². The van der Waals surface area contributed by atoms with Gasteiger partial charge in [0.05, 0.1) is 11.6 Å². The molecule has 3 N–H and O–H groups in total. The molecule has 0 spiro atoms. The molecule has 1 heterocycles. The molecule has 1 unspecified atom stereocenters. The summed E-state index contributed by atoms with van der Waals surface area (Å²) in [7, 11) is 0. The first-order valence-electron chi connectivity index (χ1n) is 7.11. The van der Waals surface area contributed by atoms with Gasteiger partial charge in [0, 0.05) is 17.4 Å². The van der Waals surface area contributed by atoms with E-state index in [4.69, 9.17) is 15.7 Å². The summed E-state index contributed by atoms with van der Waals surface area (Å²) < 4.78 is 5.97. The Labute approximate surface area is 129 Å².